The first-order valence-electron chi connectivity index (χ1n) is 12.3. The van der Waals surface area contributed by atoms with Gasteiger partial charge in [0.2, 0.25) is 5.71 Å². The maximum atomic E-state index is 13.0. The first-order valence-corrected chi connectivity index (χ1v) is 13.1. The molecule has 2 heterocycles. The minimum absolute atomic E-state index is 0.0357. The van der Waals surface area contributed by atoms with Crippen molar-refractivity contribution in [3.05, 3.63) is 91.0 Å². The Morgan fingerprint density at radius 2 is 1.56 bits per heavy atom. The summed E-state index contributed by atoms with van der Waals surface area (Å²) in [6.07, 6.45) is -2.02. The van der Waals surface area contributed by atoms with Gasteiger partial charge in [0, 0.05) is 36.1 Å². The molecule has 4 rings (SSSR count). The number of likely N-dealkylation sites (tertiary alicyclic amines) is 1. The van der Waals surface area contributed by atoms with Crippen LogP contribution in [-0.4, -0.2) is 67.3 Å². The number of esters is 1. The minimum Gasteiger partial charge on any atom is -0.476 e. The van der Waals surface area contributed by atoms with Gasteiger partial charge in [-0.05, 0) is 35.4 Å². The van der Waals surface area contributed by atoms with Gasteiger partial charge in [0.25, 0.3) is 11.4 Å². The fraction of sp³-hybridized carbons (Fsp3) is 0.240. The Kier molecular flexibility index (Phi) is 9.40. The van der Waals surface area contributed by atoms with Gasteiger partial charge < -0.3 is 25.2 Å². The predicted molar refractivity (Wildman–Crippen MR) is 147 cm³/mol. The first-order chi connectivity index (χ1) is 20.5. The zero-order valence-corrected chi connectivity index (χ0v) is 22.7. The number of aromatic nitrogens is 1. The minimum atomic E-state index is -1.44. The van der Waals surface area contributed by atoms with Crippen LogP contribution in [0.5, 0.6) is 0 Å². The highest BCUT2D eigenvalue weighted by Crippen LogP contribution is 2.25. The Hall–Kier alpha value is -5.65. The van der Waals surface area contributed by atoms with Crippen molar-refractivity contribution in [3.63, 3.8) is 0 Å². The van der Waals surface area contributed by atoms with Crippen molar-refractivity contribution in [2.75, 3.05) is 12.3 Å². The molecule has 43 heavy (non-hydrogen) atoms. The monoisotopic (exact) mass is 614 g/mol. The molecule has 1 amide bonds. The molecule has 2 atom stereocenters. The number of nitrogens with zero attached hydrogens (tertiary/aromatic N) is 5. The van der Waals surface area contributed by atoms with Crippen molar-refractivity contribution in [1.29, 1.82) is 0 Å². The van der Waals surface area contributed by atoms with Gasteiger partial charge in [0.05, 0.1) is 16.4 Å². The van der Waals surface area contributed by atoms with Crippen molar-refractivity contribution in [2.24, 2.45) is 5.16 Å². The van der Waals surface area contributed by atoms with Gasteiger partial charge in [0.15, 0.2) is 5.13 Å². The maximum absolute atomic E-state index is 13.0. The number of oxime groups is 1. The number of carbonyl (C=O) groups is 3. The summed E-state index contributed by atoms with van der Waals surface area (Å²) in [5.41, 5.74) is 5.61. The molecule has 1 aliphatic rings. The number of carboxylic acid groups (broad SMARTS) is 1. The third-order valence-electron chi connectivity index (χ3n) is 6.07. The molecule has 1 saturated heterocycles. The molecule has 0 saturated carbocycles. The number of nitrogen functional groups attached to an aromatic ring is 1. The van der Waals surface area contributed by atoms with Crippen LogP contribution in [0.1, 0.15) is 23.2 Å². The second-order valence-electron chi connectivity index (χ2n) is 8.96. The fourth-order valence-corrected chi connectivity index (χ4v) is 4.47. The number of nitro groups is 2. The first kappa shape index (κ1) is 30.3. The molecule has 0 aliphatic carbocycles. The Labute approximate surface area is 245 Å². The van der Waals surface area contributed by atoms with Crippen LogP contribution in [0.3, 0.4) is 0 Å². The number of carboxylic acids is 1. The Morgan fingerprint density at radius 1 is 1.00 bits per heavy atom. The average Bonchev–Trinajstić information content (AvgIpc) is 3.61. The van der Waals surface area contributed by atoms with E-state index in [0.717, 1.165) is 16.2 Å². The van der Waals surface area contributed by atoms with Crippen LogP contribution in [0, 0.1) is 20.2 Å². The summed E-state index contributed by atoms with van der Waals surface area (Å²) < 4.78 is 10.7. The molecule has 1 aromatic heterocycles. The largest absolute Gasteiger partial charge is 0.476 e. The highest BCUT2D eigenvalue weighted by atomic mass is 32.1. The van der Waals surface area contributed by atoms with E-state index in [1.165, 1.54) is 53.9 Å². The molecule has 3 aromatic rings. The molecular formula is C25H22N6O11S. The molecule has 1 fully saturated rings. The van der Waals surface area contributed by atoms with E-state index in [1.807, 2.05) is 0 Å². The van der Waals surface area contributed by atoms with Crippen molar-refractivity contribution < 1.29 is 43.6 Å². The summed E-state index contributed by atoms with van der Waals surface area (Å²) in [5, 5.41) is 36.4. The lowest BCUT2D eigenvalue weighted by Crippen LogP contribution is -2.41. The number of aliphatic carboxylic acids is 1. The van der Waals surface area contributed by atoms with Crippen LogP contribution in [0.2, 0.25) is 0 Å². The van der Waals surface area contributed by atoms with Crippen LogP contribution in [0.15, 0.2) is 59.1 Å². The summed E-state index contributed by atoms with van der Waals surface area (Å²) in [7, 11) is 0. The van der Waals surface area contributed by atoms with Crippen LogP contribution in [-0.2, 0) is 37.1 Å². The predicted octanol–water partition coefficient (Wildman–Crippen LogP) is 2.87. The van der Waals surface area contributed by atoms with E-state index >= 15 is 0 Å². The van der Waals surface area contributed by atoms with E-state index in [2.05, 4.69) is 10.1 Å². The normalized spacial score (nSPS) is 16.4. The summed E-state index contributed by atoms with van der Waals surface area (Å²) in [4.78, 5) is 68.6. The topological polar surface area (TPSA) is 240 Å². The fourth-order valence-electron chi connectivity index (χ4n) is 3.92. The Balaban J connectivity index is 1.46. The van der Waals surface area contributed by atoms with E-state index in [1.54, 1.807) is 0 Å². The van der Waals surface area contributed by atoms with Crippen molar-refractivity contribution in [3.8, 4) is 0 Å². The standard InChI is InChI=1S/C25H22N6O11S/c26-24-27-19(13-43-24)21(22(32)33)28-42-18-9-20(23(34)40-11-14-1-5-16(6-2-14)30(36)37)29(10-18)25(35)41-12-15-3-7-17(8-4-15)31(38)39/h1-8,13,18,20H,9-12H2,(H2,26,27)(H,32,33)/b28-21-/t18-,20-/m0/s1. The number of rotatable bonds is 11. The summed E-state index contributed by atoms with van der Waals surface area (Å²) in [5.74, 6) is -2.28. The molecule has 224 valence electrons. The number of hydrogen-bond donors (Lipinski definition) is 2. The molecule has 3 N–H and O–H groups in total. The van der Waals surface area contributed by atoms with Crippen molar-refractivity contribution >= 4 is 51.6 Å². The number of ether oxygens (including phenoxy) is 2. The molecule has 18 heteroatoms. The summed E-state index contributed by atoms with van der Waals surface area (Å²) in [6.45, 7) is -0.751. The number of amides is 1. The van der Waals surface area contributed by atoms with Gasteiger partial charge in [-0.15, -0.1) is 11.3 Å². The second-order valence-corrected chi connectivity index (χ2v) is 9.85. The number of benzene rings is 2. The van der Waals surface area contributed by atoms with Gasteiger partial charge in [-0.3, -0.25) is 25.1 Å². The molecule has 2 aromatic carbocycles. The number of hydrogen-bond acceptors (Lipinski definition) is 14. The molecule has 0 radical (unpaired) electrons. The summed E-state index contributed by atoms with van der Waals surface area (Å²) >= 11 is 0.998. The second kappa shape index (κ2) is 13.3. The highest BCUT2D eigenvalue weighted by Gasteiger charge is 2.43. The number of non-ortho nitro benzene ring substituents is 2. The van der Waals surface area contributed by atoms with E-state index in [4.69, 9.17) is 20.0 Å². The molecule has 17 nitrogen and oxygen atoms in total. The molecule has 0 unspecified atom stereocenters. The van der Waals surface area contributed by atoms with Gasteiger partial charge in [-0.2, -0.15) is 0 Å². The van der Waals surface area contributed by atoms with Crippen molar-refractivity contribution in [1.82, 2.24) is 9.88 Å². The quantitative estimate of drug-likeness (QED) is 0.137. The van der Waals surface area contributed by atoms with Gasteiger partial charge in [0.1, 0.15) is 31.1 Å². The summed E-state index contributed by atoms with van der Waals surface area (Å²) in [6, 6.07) is 9.41. The van der Waals surface area contributed by atoms with E-state index < -0.39 is 45.7 Å². The lowest BCUT2D eigenvalue weighted by molar-refractivity contribution is -0.385. The van der Waals surface area contributed by atoms with E-state index in [-0.39, 0.29) is 48.4 Å². The lowest BCUT2D eigenvalue weighted by Gasteiger charge is -2.22. The molecule has 1 aliphatic heterocycles. The SMILES string of the molecule is Nc1nc(/C(=N/O[C@H]2C[C@@H](C(=O)OCc3ccc([N+](=O)[O-])cc3)N(C(=O)OCc3ccc([N+](=O)[O-])cc3)C2)C(=O)O)cs1. The van der Waals surface area contributed by atoms with Crippen LogP contribution in [0.4, 0.5) is 21.3 Å². The van der Waals surface area contributed by atoms with Crippen molar-refractivity contribution in [2.45, 2.75) is 31.8 Å². The number of nitro benzene ring substituents is 2. The number of thiazole rings is 1. The Bertz CT molecular complexity index is 1480. The smallest absolute Gasteiger partial charge is 0.410 e. The number of carbonyl (C=O) groups excluding carboxylic acids is 2. The molecular weight excluding hydrogens is 592 g/mol. The third kappa shape index (κ3) is 7.76. The Morgan fingerprint density at radius 3 is 2.05 bits per heavy atom. The molecule has 0 spiro atoms. The van der Waals surface area contributed by atoms with E-state index in [0.29, 0.717) is 11.1 Å². The van der Waals surface area contributed by atoms with Crippen LogP contribution >= 0.6 is 11.3 Å². The van der Waals surface area contributed by atoms with E-state index in [9.17, 15) is 39.7 Å². The number of anilines is 1. The van der Waals surface area contributed by atoms with Crippen LogP contribution in [0.25, 0.3) is 0 Å². The maximum Gasteiger partial charge on any atom is 0.410 e. The average molecular weight is 615 g/mol. The highest BCUT2D eigenvalue weighted by molar-refractivity contribution is 7.13. The molecule has 0 bridgehead atoms. The van der Waals surface area contributed by atoms with Gasteiger partial charge >= 0.3 is 18.0 Å². The number of nitrogens with two attached hydrogens (primary N) is 1. The van der Waals surface area contributed by atoms with Gasteiger partial charge in [-0.1, -0.05) is 5.16 Å². The third-order valence-corrected chi connectivity index (χ3v) is 6.74. The zero-order chi connectivity index (χ0) is 31.1. The lowest BCUT2D eigenvalue weighted by atomic mass is 10.2. The van der Waals surface area contributed by atoms with Crippen LogP contribution < -0.4 is 5.73 Å². The van der Waals surface area contributed by atoms with Gasteiger partial charge in [-0.25, -0.2) is 19.4 Å². The zero-order valence-electron chi connectivity index (χ0n) is 21.9.